The van der Waals surface area contributed by atoms with Crippen molar-refractivity contribution in [3.63, 3.8) is 0 Å². The topological polar surface area (TPSA) is 228 Å². The van der Waals surface area contributed by atoms with Crippen LogP contribution in [-0.4, -0.2) is 91.7 Å². The zero-order valence-electron chi connectivity index (χ0n) is 80.2. The SMILES string of the molecule is CC(C)Cc1csc(C(=O)C(C)C)n1.CC(C)Cc1csc(CC(=O)C(C)C)n1.CC(C)NCc1ccc(C(=O)C(C)C)cc1.CC(C)NCc1cccc(C(=O)C(C)C)c1.CC(C)Nc1ccc(CC(=O)C(C)C)cc1.CC(C)Nc1cccc(C(=O)C(C)C)c1.CC(C)Nc1cnc(C(C)C(C)C)s1.CC(C)Oc1cccc(C(=O)C(C)C)c1. The molecule has 0 radical (unpaired) electrons. The van der Waals surface area contributed by atoms with Crippen molar-refractivity contribution in [2.75, 3.05) is 16.0 Å². The van der Waals surface area contributed by atoms with Gasteiger partial charge in [0.15, 0.2) is 33.9 Å². The zero-order valence-corrected chi connectivity index (χ0v) is 82.6. The number of anilines is 3. The molecule has 0 bridgehead atoms. The second-order valence-electron chi connectivity index (χ2n) is 36.2. The Hall–Kier alpha value is -8.20. The largest absolute Gasteiger partial charge is 0.491 e. The Morgan fingerprint density at radius 1 is 0.372 bits per heavy atom. The van der Waals surface area contributed by atoms with Gasteiger partial charge in [0.25, 0.3) is 0 Å². The molecule has 8 aromatic rings. The average molecular weight is 1720 g/mol. The van der Waals surface area contributed by atoms with E-state index in [9.17, 15) is 33.6 Å². The molecule has 1 unspecified atom stereocenters. The normalized spacial score (nSPS) is 11.3. The Labute approximate surface area is 743 Å². The summed E-state index contributed by atoms with van der Waals surface area (Å²) in [5.74, 6) is 5.21. The fourth-order valence-corrected chi connectivity index (χ4v) is 13.7. The van der Waals surface area contributed by atoms with Crippen LogP contribution in [0.1, 0.15) is 324 Å². The summed E-state index contributed by atoms with van der Waals surface area (Å²) in [4.78, 5) is 94.9. The molecule has 121 heavy (non-hydrogen) atoms. The van der Waals surface area contributed by atoms with Gasteiger partial charge in [-0.25, -0.2) is 15.0 Å². The number of hydrogen-bond donors (Lipinski definition) is 5. The predicted molar refractivity (Wildman–Crippen MR) is 518 cm³/mol. The van der Waals surface area contributed by atoms with Gasteiger partial charge in [0.2, 0.25) is 0 Å². The number of ketones is 7. The number of nitrogens with one attached hydrogen (secondary N) is 5. The Morgan fingerprint density at radius 3 is 1.25 bits per heavy atom. The number of nitrogens with zero attached hydrogens (tertiary/aromatic N) is 3. The van der Waals surface area contributed by atoms with Gasteiger partial charge >= 0.3 is 0 Å². The van der Waals surface area contributed by atoms with E-state index in [4.69, 9.17) is 4.74 Å². The van der Waals surface area contributed by atoms with Crippen molar-refractivity contribution in [3.8, 4) is 5.75 Å². The summed E-state index contributed by atoms with van der Waals surface area (Å²) in [7, 11) is 0. The van der Waals surface area contributed by atoms with Crippen molar-refractivity contribution in [1.82, 2.24) is 25.6 Å². The van der Waals surface area contributed by atoms with Crippen molar-refractivity contribution in [2.45, 2.75) is 309 Å². The number of rotatable bonds is 36. The van der Waals surface area contributed by atoms with Gasteiger partial charge in [0, 0.05) is 141 Å². The number of Topliss-reactive ketones (excluding diaryl/α,β-unsaturated/α-hetero) is 7. The highest BCUT2D eigenvalue weighted by atomic mass is 32.1. The molecule has 0 fully saturated rings. The summed E-state index contributed by atoms with van der Waals surface area (Å²) in [5, 5.41) is 24.8. The van der Waals surface area contributed by atoms with Gasteiger partial charge in [-0.2, -0.15) is 0 Å². The van der Waals surface area contributed by atoms with Crippen LogP contribution in [0.5, 0.6) is 5.75 Å². The number of hydrogen-bond acceptors (Lipinski definition) is 19. The van der Waals surface area contributed by atoms with Crippen LogP contribution in [0.15, 0.2) is 138 Å². The van der Waals surface area contributed by atoms with Crippen molar-refractivity contribution in [2.24, 2.45) is 59.2 Å². The number of aromatic nitrogens is 3. The first-order valence-corrected chi connectivity index (χ1v) is 46.6. The van der Waals surface area contributed by atoms with Gasteiger partial charge < -0.3 is 31.3 Å². The quantitative estimate of drug-likeness (QED) is 0.0230. The Morgan fingerprint density at radius 2 is 0.793 bits per heavy atom. The molecule has 5 aromatic carbocycles. The molecule has 670 valence electrons. The molecule has 3 aromatic heterocycles. The van der Waals surface area contributed by atoms with E-state index in [-0.39, 0.29) is 82.2 Å². The maximum atomic E-state index is 11.8. The molecule has 5 N–H and O–H groups in total. The monoisotopic (exact) mass is 1720 g/mol. The highest BCUT2D eigenvalue weighted by Gasteiger charge is 2.20. The molecule has 8 rings (SSSR count). The highest BCUT2D eigenvalue weighted by molar-refractivity contribution is 7.15. The number of thiazole rings is 3. The van der Waals surface area contributed by atoms with Gasteiger partial charge in [0.1, 0.15) is 27.3 Å². The second-order valence-corrected chi connectivity index (χ2v) is 39.1. The molecule has 19 heteroatoms. The van der Waals surface area contributed by atoms with Crippen LogP contribution in [0.4, 0.5) is 16.4 Å². The first-order chi connectivity index (χ1) is 56.5. The van der Waals surface area contributed by atoms with Crippen LogP contribution in [0.3, 0.4) is 0 Å². The smallest absolute Gasteiger partial charge is 0.193 e. The third-order valence-corrected chi connectivity index (χ3v) is 20.9. The van der Waals surface area contributed by atoms with E-state index in [1.165, 1.54) is 32.5 Å². The number of carbonyl (C=O) groups is 7. The maximum Gasteiger partial charge on any atom is 0.193 e. The van der Waals surface area contributed by atoms with Gasteiger partial charge in [0.05, 0.1) is 35.1 Å². The lowest BCUT2D eigenvalue weighted by Crippen LogP contribution is -2.22. The molecule has 0 aliphatic rings. The fourth-order valence-electron chi connectivity index (χ4n) is 10.8. The van der Waals surface area contributed by atoms with E-state index in [0.717, 1.165) is 87.3 Å². The first-order valence-electron chi connectivity index (χ1n) is 44.0. The molecule has 0 saturated heterocycles. The maximum absolute atomic E-state index is 11.8. The average Bonchev–Trinajstić information content (AvgIpc) is 1.36. The molecule has 1 atom stereocenters. The Balaban J connectivity index is 0.000000692. The van der Waals surface area contributed by atoms with Crippen LogP contribution in [0, 0.1) is 59.2 Å². The molecular formula is C102H156N8O8S3. The van der Waals surface area contributed by atoms with Crippen molar-refractivity contribution in [1.29, 1.82) is 0 Å². The summed E-state index contributed by atoms with van der Waals surface area (Å²) >= 11 is 4.85. The van der Waals surface area contributed by atoms with Crippen LogP contribution in [0.25, 0.3) is 0 Å². The predicted octanol–water partition coefficient (Wildman–Crippen LogP) is 26.0. The minimum absolute atomic E-state index is 0.0271. The summed E-state index contributed by atoms with van der Waals surface area (Å²) < 4.78 is 5.53. The lowest BCUT2D eigenvalue weighted by Gasteiger charge is -2.11. The molecule has 0 saturated carbocycles. The van der Waals surface area contributed by atoms with Crippen LogP contribution >= 0.6 is 34.0 Å². The number of carbonyl (C=O) groups excluding carboxylic acids is 7. The third-order valence-electron chi connectivity index (χ3n) is 17.9. The number of benzene rings is 5. The Kier molecular flexibility index (Phi) is 53.8. The van der Waals surface area contributed by atoms with Gasteiger partial charge in [-0.3, -0.25) is 33.6 Å². The second kappa shape index (κ2) is 58.8. The Bertz CT molecular complexity index is 4200. The molecule has 0 aliphatic heterocycles. The molecule has 0 amide bonds. The van der Waals surface area contributed by atoms with Gasteiger partial charge in [-0.05, 0) is 145 Å². The summed E-state index contributed by atoms with van der Waals surface area (Å²) in [5.41, 5.74) is 10.9. The zero-order chi connectivity index (χ0) is 92.1. The van der Waals surface area contributed by atoms with E-state index in [1.807, 2.05) is 244 Å². The highest BCUT2D eigenvalue weighted by Crippen LogP contribution is 2.31. The summed E-state index contributed by atoms with van der Waals surface area (Å²) in [6, 6.07) is 41.1. The summed E-state index contributed by atoms with van der Waals surface area (Å²) in [6.07, 6.45) is 5.09. The van der Waals surface area contributed by atoms with Crippen molar-refractivity contribution in [3.05, 3.63) is 204 Å². The molecule has 16 nitrogen and oxygen atoms in total. The van der Waals surface area contributed by atoms with E-state index >= 15 is 0 Å². The van der Waals surface area contributed by atoms with Gasteiger partial charge in [-0.15, -0.1) is 34.0 Å². The van der Waals surface area contributed by atoms with Crippen LogP contribution < -0.4 is 31.3 Å². The summed E-state index contributed by atoms with van der Waals surface area (Å²) in [6.45, 7) is 69.1. The molecular weight excluding hydrogens is 1560 g/mol. The minimum atomic E-state index is 0.0271. The molecule has 0 aliphatic carbocycles. The lowest BCUT2D eigenvalue weighted by atomic mass is 9.99. The first kappa shape index (κ1) is 111. The van der Waals surface area contributed by atoms with Crippen LogP contribution in [0.2, 0.25) is 0 Å². The van der Waals surface area contributed by atoms with Gasteiger partial charge in [-0.1, -0.05) is 252 Å². The van der Waals surface area contributed by atoms with E-state index < -0.39 is 0 Å². The molecule has 0 spiro atoms. The van der Waals surface area contributed by atoms with Crippen molar-refractivity contribution >= 4 is 90.9 Å². The number of ether oxygens (including phenoxy) is 1. The fraction of sp³-hybridized carbons (Fsp3) is 0.549. The lowest BCUT2D eigenvalue weighted by molar-refractivity contribution is -0.122. The van der Waals surface area contributed by atoms with Crippen molar-refractivity contribution < 1.29 is 38.3 Å². The minimum Gasteiger partial charge on any atom is -0.491 e. The third kappa shape index (κ3) is 48.4. The van der Waals surface area contributed by atoms with E-state index in [1.54, 1.807) is 22.7 Å². The van der Waals surface area contributed by atoms with Crippen LogP contribution in [-0.2, 0) is 48.4 Å². The standard InChI is InChI=1S/3C14H21NO.C13H19NO.C13H18O2.C12H19NOS.C11H20N2S.C11H17NOS/c1-10(2)14(16)13-7-5-12(6-8-13)9-15-11(3)4;1-10(2)14(16)9-12-5-7-13(8-6-12)15-11(3)4;1-10(2)14(16)13-7-5-6-12(8-13)9-15-11(3)4;1-9(2)13(15)11-6-5-7-12(8-11)14-10(3)4;1-9(2)13(14)11-6-5-7-12(8-11)15-10(3)4;1-8(2)5-10-7-15-12(13-10)6-11(14)9(3)4;1-7(2)9(5)11-12-6-10(14-11)13-8(3)4;1-7(2)5-9-6-14-11(12-9)10(13)8(3)4/h3*5-8,10-11,15H,9H2,1-4H3;5-10,14H,1-4H3;5-10H,1-4H3;7-9H,5-6H2,1-4H3;6-9,13H,1-5H3;6-8H,5H2,1-4H3. The molecule has 3 heterocycles. The van der Waals surface area contributed by atoms with E-state index in [2.05, 4.69) is 165 Å². The van der Waals surface area contributed by atoms with E-state index in [0.29, 0.717) is 77.5 Å².